The second-order valence-corrected chi connectivity index (χ2v) is 5.73. The summed E-state index contributed by atoms with van der Waals surface area (Å²) in [6.07, 6.45) is 5.72. The molecule has 0 radical (unpaired) electrons. The largest absolute Gasteiger partial charge is 0.353 e. The van der Waals surface area contributed by atoms with E-state index < -0.39 is 0 Å². The Morgan fingerprint density at radius 2 is 2.21 bits per heavy atom. The maximum absolute atomic E-state index is 12.1. The third kappa shape index (κ3) is 6.39. The summed E-state index contributed by atoms with van der Waals surface area (Å²) in [5.41, 5.74) is 0. The summed E-state index contributed by atoms with van der Waals surface area (Å²) in [6.45, 7) is 10.1. The van der Waals surface area contributed by atoms with Crippen molar-refractivity contribution in [3.05, 3.63) is 0 Å². The van der Waals surface area contributed by atoms with Gasteiger partial charge in [0.15, 0.2) is 0 Å². The van der Waals surface area contributed by atoms with Crippen LogP contribution in [-0.2, 0) is 4.79 Å². The van der Waals surface area contributed by atoms with Crippen LogP contribution in [0.3, 0.4) is 0 Å². The van der Waals surface area contributed by atoms with Gasteiger partial charge in [-0.2, -0.15) is 0 Å². The molecule has 1 aliphatic rings. The van der Waals surface area contributed by atoms with Crippen LogP contribution in [-0.4, -0.2) is 49.1 Å². The molecule has 0 aromatic heterocycles. The molecule has 1 fully saturated rings. The van der Waals surface area contributed by atoms with Gasteiger partial charge >= 0.3 is 0 Å². The van der Waals surface area contributed by atoms with E-state index in [0.29, 0.717) is 18.6 Å². The third-order valence-corrected chi connectivity index (χ3v) is 3.77. The van der Waals surface area contributed by atoms with Gasteiger partial charge in [-0.1, -0.05) is 20.3 Å². The van der Waals surface area contributed by atoms with Gasteiger partial charge in [-0.3, -0.25) is 9.69 Å². The molecule has 0 bridgehead atoms. The highest BCUT2D eigenvalue weighted by Crippen LogP contribution is 2.10. The standard InChI is InChI=1S/C15H31N3O/c1-4-7-13(3)17-15(19)12-18(10-5-2)14-8-6-9-16-11-14/h13-14,16H,4-12H2,1-3H3,(H,17,19). The molecule has 4 nitrogen and oxygen atoms in total. The summed E-state index contributed by atoms with van der Waals surface area (Å²) in [6, 6.07) is 0.825. The molecule has 1 aliphatic heterocycles. The van der Waals surface area contributed by atoms with Crippen molar-refractivity contribution in [1.29, 1.82) is 0 Å². The van der Waals surface area contributed by atoms with Crippen molar-refractivity contribution in [2.75, 3.05) is 26.2 Å². The van der Waals surface area contributed by atoms with Gasteiger partial charge in [0.1, 0.15) is 0 Å². The second kappa shape index (κ2) is 9.32. The Kier molecular flexibility index (Phi) is 8.07. The summed E-state index contributed by atoms with van der Waals surface area (Å²) >= 11 is 0. The molecule has 2 atom stereocenters. The van der Waals surface area contributed by atoms with Gasteiger partial charge in [-0.05, 0) is 45.7 Å². The Morgan fingerprint density at radius 3 is 2.79 bits per heavy atom. The normalized spacial score (nSPS) is 21.4. The highest BCUT2D eigenvalue weighted by atomic mass is 16.2. The van der Waals surface area contributed by atoms with Crippen LogP contribution >= 0.6 is 0 Å². The maximum Gasteiger partial charge on any atom is 0.234 e. The zero-order chi connectivity index (χ0) is 14.1. The lowest BCUT2D eigenvalue weighted by Gasteiger charge is -2.34. The number of nitrogens with one attached hydrogen (secondary N) is 2. The van der Waals surface area contributed by atoms with E-state index in [2.05, 4.69) is 36.3 Å². The SMILES string of the molecule is CCCC(C)NC(=O)CN(CCC)C1CCCNC1. The lowest BCUT2D eigenvalue weighted by molar-refractivity contribution is -0.123. The van der Waals surface area contributed by atoms with Crippen LogP contribution < -0.4 is 10.6 Å². The van der Waals surface area contributed by atoms with E-state index in [1.54, 1.807) is 0 Å². The molecule has 1 heterocycles. The Morgan fingerprint density at radius 1 is 1.42 bits per heavy atom. The molecule has 2 unspecified atom stereocenters. The molecule has 0 aliphatic carbocycles. The van der Waals surface area contributed by atoms with Gasteiger partial charge in [0.05, 0.1) is 6.54 Å². The molecular formula is C15H31N3O. The van der Waals surface area contributed by atoms with E-state index in [1.165, 1.54) is 12.8 Å². The number of amides is 1. The zero-order valence-corrected chi connectivity index (χ0v) is 12.9. The molecule has 112 valence electrons. The fourth-order valence-electron chi connectivity index (χ4n) is 2.83. The topological polar surface area (TPSA) is 44.4 Å². The van der Waals surface area contributed by atoms with Gasteiger partial charge in [0.25, 0.3) is 0 Å². The van der Waals surface area contributed by atoms with Gasteiger partial charge in [-0.15, -0.1) is 0 Å². The highest BCUT2D eigenvalue weighted by molar-refractivity contribution is 5.78. The van der Waals surface area contributed by atoms with E-state index in [0.717, 1.165) is 38.9 Å². The molecule has 2 N–H and O–H groups in total. The molecule has 0 aromatic carbocycles. The summed E-state index contributed by atoms with van der Waals surface area (Å²) in [5, 5.41) is 6.54. The smallest absolute Gasteiger partial charge is 0.234 e. The maximum atomic E-state index is 12.1. The van der Waals surface area contributed by atoms with E-state index in [1.807, 2.05) is 0 Å². The summed E-state index contributed by atoms with van der Waals surface area (Å²) in [5.74, 6) is 0.181. The summed E-state index contributed by atoms with van der Waals surface area (Å²) in [7, 11) is 0. The Labute approximate surface area is 118 Å². The Balaban J connectivity index is 2.40. The van der Waals surface area contributed by atoms with Crippen LogP contribution in [0.5, 0.6) is 0 Å². The van der Waals surface area contributed by atoms with Crippen molar-refractivity contribution in [2.45, 2.75) is 65.0 Å². The first-order chi connectivity index (χ1) is 9.17. The molecule has 1 amide bonds. The van der Waals surface area contributed by atoms with E-state index in [4.69, 9.17) is 0 Å². The van der Waals surface area contributed by atoms with Crippen LogP contribution in [0.4, 0.5) is 0 Å². The molecular weight excluding hydrogens is 238 g/mol. The van der Waals surface area contributed by atoms with Crippen LogP contribution in [0, 0.1) is 0 Å². The zero-order valence-electron chi connectivity index (χ0n) is 12.9. The predicted octanol–water partition coefficient (Wildman–Crippen LogP) is 1.76. The van der Waals surface area contributed by atoms with Crippen LogP contribution in [0.1, 0.15) is 52.9 Å². The molecule has 1 saturated heterocycles. The fraction of sp³-hybridized carbons (Fsp3) is 0.933. The quantitative estimate of drug-likeness (QED) is 0.706. The second-order valence-electron chi connectivity index (χ2n) is 5.73. The minimum Gasteiger partial charge on any atom is -0.353 e. The first kappa shape index (κ1) is 16.4. The van der Waals surface area contributed by atoms with Crippen LogP contribution in [0.15, 0.2) is 0 Å². The van der Waals surface area contributed by atoms with Gasteiger partial charge in [0.2, 0.25) is 5.91 Å². The minimum atomic E-state index is 0.181. The monoisotopic (exact) mass is 269 g/mol. The molecule has 0 aromatic rings. The predicted molar refractivity (Wildman–Crippen MR) is 80.3 cm³/mol. The van der Waals surface area contributed by atoms with Crippen molar-refractivity contribution < 1.29 is 4.79 Å². The third-order valence-electron chi connectivity index (χ3n) is 3.77. The molecule has 0 spiro atoms. The average Bonchev–Trinajstić information content (AvgIpc) is 2.39. The fourth-order valence-corrected chi connectivity index (χ4v) is 2.83. The highest BCUT2D eigenvalue weighted by Gasteiger charge is 2.22. The number of carbonyl (C=O) groups excluding carboxylic acids is 1. The van der Waals surface area contributed by atoms with Crippen molar-refractivity contribution in [1.82, 2.24) is 15.5 Å². The van der Waals surface area contributed by atoms with Crippen molar-refractivity contribution in [3.63, 3.8) is 0 Å². The van der Waals surface area contributed by atoms with Crippen LogP contribution in [0.2, 0.25) is 0 Å². The number of hydrogen-bond acceptors (Lipinski definition) is 3. The summed E-state index contributed by atoms with van der Waals surface area (Å²) < 4.78 is 0. The number of rotatable bonds is 8. The van der Waals surface area contributed by atoms with Gasteiger partial charge < -0.3 is 10.6 Å². The van der Waals surface area contributed by atoms with Crippen LogP contribution in [0.25, 0.3) is 0 Å². The average molecular weight is 269 g/mol. The van der Waals surface area contributed by atoms with E-state index >= 15 is 0 Å². The minimum absolute atomic E-state index is 0.181. The number of nitrogens with zero attached hydrogens (tertiary/aromatic N) is 1. The van der Waals surface area contributed by atoms with E-state index in [9.17, 15) is 4.79 Å². The van der Waals surface area contributed by atoms with Gasteiger partial charge in [0, 0.05) is 18.6 Å². The molecule has 19 heavy (non-hydrogen) atoms. The van der Waals surface area contributed by atoms with Gasteiger partial charge in [-0.25, -0.2) is 0 Å². The lowest BCUT2D eigenvalue weighted by atomic mass is 10.1. The number of carbonyl (C=O) groups is 1. The Hall–Kier alpha value is -0.610. The number of piperidine rings is 1. The molecule has 4 heteroatoms. The number of hydrogen-bond donors (Lipinski definition) is 2. The first-order valence-corrected chi connectivity index (χ1v) is 7.91. The summed E-state index contributed by atoms with van der Waals surface area (Å²) in [4.78, 5) is 14.4. The first-order valence-electron chi connectivity index (χ1n) is 7.91. The van der Waals surface area contributed by atoms with Crippen molar-refractivity contribution in [2.24, 2.45) is 0 Å². The molecule has 1 rings (SSSR count). The van der Waals surface area contributed by atoms with Crippen molar-refractivity contribution >= 4 is 5.91 Å². The lowest BCUT2D eigenvalue weighted by Crippen LogP contribution is -2.50. The van der Waals surface area contributed by atoms with Crippen molar-refractivity contribution in [3.8, 4) is 0 Å². The Bertz CT molecular complexity index is 252. The molecule has 0 saturated carbocycles. The van der Waals surface area contributed by atoms with E-state index in [-0.39, 0.29) is 5.91 Å².